The van der Waals surface area contributed by atoms with Gasteiger partial charge in [0.15, 0.2) is 0 Å². The molecule has 1 aliphatic heterocycles. The molecule has 2 unspecified atom stereocenters. The number of aryl methyl sites for hydroxylation is 2. The van der Waals surface area contributed by atoms with Gasteiger partial charge in [-0.3, -0.25) is 14.8 Å². The van der Waals surface area contributed by atoms with Crippen LogP contribution in [0.1, 0.15) is 49.9 Å². The number of aromatic nitrogens is 3. The van der Waals surface area contributed by atoms with E-state index in [1.165, 1.54) is 0 Å². The number of anilines is 2. The highest BCUT2D eigenvalue weighted by Gasteiger charge is 2.23. The molecular formula is C29H35N5O2. The van der Waals surface area contributed by atoms with Crippen molar-refractivity contribution in [3.05, 3.63) is 65.7 Å². The maximum Gasteiger partial charge on any atom is 0.228 e. The van der Waals surface area contributed by atoms with Crippen molar-refractivity contribution in [2.45, 2.75) is 53.4 Å². The van der Waals surface area contributed by atoms with E-state index in [9.17, 15) is 9.59 Å². The van der Waals surface area contributed by atoms with Crippen LogP contribution in [0.25, 0.3) is 11.3 Å². The Labute approximate surface area is 213 Å². The number of Topliss-reactive ketones (excluding diaryl/α,β-unsaturated/α-hetero) is 1. The average Bonchev–Trinajstić information content (AvgIpc) is 3.00. The van der Waals surface area contributed by atoms with E-state index >= 15 is 0 Å². The van der Waals surface area contributed by atoms with Crippen LogP contribution in [0.15, 0.2) is 48.9 Å². The zero-order chi connectivity index (χ0) is 25.7. The summed E-state index contributed by atoms with van der Waals surface area (Å²) in [6.07, 6.45) is 8.24. The first-order valence-corrected chi connectivity index (χ1v) is 12.7. The highest BCUT2D eigenvalue weighted by Crippen LogP contribution is 2.28. The van der Waals surface area contributed by atoms with Gasteiger partial charge in [0.2, 0.25) is 5.91 Å². The molecule has 0 radical (unpaired) electrons. The summed E-state index contributed by atoms with van der Waals surface area (Å²) in [6, 6.07) is 9.84. The van der Waals surface area contributed by atoms with Gasteiger partial charge in [0, 0.05) is 43.2 Å². The number of carbonyl (C=O) groups is 2. The third-order valence-corrected chi connectivity index (χ3v) is 6.68. The Bertz CT molecular complexity index is 1220. The first-order chi connectivity index (χ1) is 17.3. The third-order valence-electron chi connectivity index (χ3n) is 6.68. The van der Waals surface area contributed by atoms with E-state index < -0.39 is 0 Å². The Kier molecular flexibility index (Phi) is 8.08. The van der Waals surface area contributed by atoms with Gasteiger partial charge >= 0.3 is 0 Å². The maximum absolute atomic E-state index is 12.7. The lowest BCUT2D eigenvalue weighted by Crippen LogP contribution is -2.28. The summed E-state index contributed by atoms with van der Waals surface area (Å²) in [5.74, 6) is 2.02. The van der Waals surface area contributed by atoms with Gasteiger partial charge in [-0.1, -0.05) is 13.0 Å². The minimum absolute atomic E-state index is 0.103. The van der Waals surface area contributed by atoms with Crippen LogP contribution in [0.2, 0.25) is 0 Å². The van der Waals surface area contributed by atoms with E-state index in [0.29, 0.717) is 23.9 Å². The van der Waals surface area contributed by atoms with Gasteiger partial charge in [0.05, 0.1) is 24.0 Å². The molecule has 1 N–H and O–H groups in total. The van der Waals surface area contributed by atoms with Gasteiger partial charge in [-0.2, -0.15) is 0 Å². The Hall–Kier alpha value is -3.61. The molecule has 1 saturated heterocycles. The van der Waals surface area contributed by atoms with E-state index in [4.69, 9.17) is 0 Å². The Morgan fingerprint density at radius 2 is 1.92 bits per heavy atom. The van der Waals surface area contributed by atoms with Crippen molar-refractivity contribution in [3.8, 4) is 11.3 Å². The molecule has 2 atom stereocenters. The van der Waals surface area contributed by atoms with Crippen molar-refractivity contribution >= 4 is 23.2 Å². The minimum atomic E-state index is -0.103. The molecule has 3 aromatic heterocycles. The average molecular weight is 486 g/mol. The van der Waals surface area contributed by atoms with E-state index in [1.54, 1.807) is 25.5 Å². The van der Waals surface area contributed by atoms with E-state index in [-0.39, 0.29) is 18.1 Å². The molecule has 3 aromatic rings. The number of pyridine rings is 3. The number of nitrogens with zero attached hydrogens (tertiary/aromatic N) is 4. The monoisotopic (exact) mass is 485 g/mol. The van der Waals surface area contributed by atoms with Gasteiger partial charge in [-0.05, 0) is 80.8 Å². The third kappa shape index (κ3) is 6.74. The Balaban J connectivity index is 1.35. The topological polar surface area (TPSA) is 88.1 Å². The quantitative estimate of drug-likeness (QED) is 0.497. The molecular weight excluding hydrogens is 450 g/mol. The first kappa shape index (κ1) is 25.5. The minimum Gasteiger partial charge on any atom is -0.356 e. The second-order valence-electron chi connectivity index (χ2n) is 10.2. The lowest BCUT2D eigenvalue weighted by atomic mass is 9.91. The SMILES string of the molecule is CC(=O)CC1CCN(c2ccc(NC(=O)Cc3cnc(-c4ccnc(C)c4)c(C)c3)cn2)CC(C)C1. The van der Waals surface area contributed by atoms with E-state index in [2.05, 4.69) is 32.1 Å². The summed E-state index contributed by atoms with van der Waals surface area (Å²) in [7, 11) is 0. The first-order valence-electron chi connectivity index (χ1n) is 12.7. The molecule has 4 rings (SSSR count). The number of nitrogens with one attached hydrogen (secondary N) is 1. The number of amides is 1. The fraction of sp³-hybridized carbons (Fsp3) is 0.414. The van der Waals surface area contributed by atoms with Crippen LogP contribution < -0.4 is 10.2 Å². The Morgan fingerprint density at radius 1 is 1.08 bits per heavy atom. The molecule has 0 saturated carbocycles. The molecule has 1 amide bonds. The second-order valence-corrected chi connectivity index (χ2v) is 10.2. The molecule has 0 spiro atoms. The number of rotatable bonds is 7. The standard InChI is InChI=1S/C29H35N5O2/c1-19-11-23(14-22(4)35)8-10-34(18-19)27-6-5-26(17-31-27)33-28(36)15-24-12-20(2)29(32-16-24)25-7-9-30-21(3)13-25/h5-7,9,12-13,16-17,19,23H,8,10-11,14-15,18H2,1-4H3,(H,33,36). The molecule has 0 aliphatic carbocycles. The summed E-state index contributed by atoms with van der Waals surface area (Å²) >= 11 is 0. The molecule has 1 aliphatic rings. The van der Waals surface area contributed by atoms with Gasteiger partial charge in [0.25, 0.3) is 0 Å². The smallest absolute Gasteiger partial charge is 0.228 e. The molecule has 36 heavy (non-hydrogen) atoms. The Morgan fingerprint density at radius 3 is 2.61 bits per heavy atom. The van der Waals surface area contributed by atoms with Crippen LogP contribution in [-0.2, 0) is 16.0 Å². The van der Waals surface area contributed by atoms with Crippen molar-refractivity contribution in [3.63, 3.8) is 0 Å². The van der Waals surface area contributed by atoms with Crippen molar-refractivity contribution < 1.29 is 9.59 Å². The molecule has 0 aromatic carbocycles. The van der Waals surface area contributed by atoms with E-state index in [1.807, 2.05) is 44.2 Å². The fourth-order valence-corrected chi connectivity index (χ4v) is 5.13. The van der Waals surface area contributed by atoms with Crippen LogP contribution in [-0.4, -0.2) is 39.7 Å². The number of ketones is 1. The van der Waals surface area contributed by atoms with Crippen molar-refractivity contribution in [1.29, 1.82) is 0 Å². The van der Waals surface area contributed by atoms with E-state index in [0.717, 1.165) is 59.8 Å². The van der Waals surface area contributed by atoms with Crippen molar-refractivity contribution in [2.24, 2.45) is 11.8 Å². The second kappa shape index (κ2) is 11.4. The molecule has 7 heteroatoms. The lowest BCUT2D eigenvalue weighted by molar-refractivity contribution is -0.118. The van der Waals surface area contributed by atoms with Crippen LogP contribution in [0.3, 0.4) is 0 Å². The summed E-state index contributed by atoms with van der Waals surface area (Å²) in [6.45, 7) is 9.70. The van der Waals surface area contributed by atoms with Gasteiger partial charge in [-0.25, -0.2) is 4.98 Å². The zero-order valence-electron chi connectivity index (χ0n) is 21.6. The van der Waals surface area contributed by atoms with Crippen LogP contribution in [0, 0.1) is 25.7 Å². The lowest BCUT2D eigenvalue weighted by Gasteiger charge is -2.23. The predicted octanol–water partition coefficient (Wildman–Crippen LogP) is 5.17. The van der Waals surface area contributed by atoms with Gasteiger partial charge in [0.1, 0.15) is 11.6 Å². The van der Waals surface area contributed by atoms with Crippen LogP contribution >= 0.6 is 0 Å². The zero-order valence-corrected chi connectivity index (χ0v) is 21.6. The highest BCUT2D eigenvalue weighted by molar-refractivity contribution is 5.92. The fourth-order valence-electron chi connectivity index (χ4n) is 5.13. The molecule has 1 fully saturated rings. The van der Waals surface area contributed by atoms with Crippen LogP contribution in [0.5, 0.6) is 0 Å². The highest BCUT2D eigenvalue weighted by atomic mass is 16.1. The maximum atomic E-state index is 12.7. The molecule has 7 nitrogen and oxygen atoms in total. The largest absolute Gasteiger partial charge is 0.356 e. The molecule has 0 bridgehead atoms. The number of hydrogen-bond acceptors (Lipinski definition) is 6. The summed E-state index contributed by atoms with van der Waals surface area (Å²) in [4.78, 5) is 40.0. The van der Waals surface area contributed by atoms with Crippen molar-refractivity contribution in [2.75, 3.05) is 23.3 Å². The molecule has 4 heterocycles. The summed E-state index contributed by atoms with van der Waals surface area (Å²) in [5.41, 5.74) is 5.43. The number of hydrogen-bond donors (Lipinski definition) is 1. The van der Waals surface area contributed by atoms with Gasteiger partial charge in [-0.15, -0.1) is 0 Å². The van der Waals surface area contributed by atoms with Gasteiger partial charge < -0.3 is 15.0 Å². The predicted molar refractivity (Wildman–Crippen MR) is 143 cm³/mol. The molecule has 188 valence electrons. The van der Waals surface area contributed by atoms with Crippen LogP contribution in [0.4, 0.5) is 11.5 Å². The summed E-state index contributed by atoms with van der Waals surface area (Å²) < 4.78 is 0. The van der Waals surface area contributed by atoms with Crippen molar-refractivity contribution in [1.82, 2.24) is 15.0 Å². The summed E-state index contributed by atoms with van der Waals surface area (Å²) in [5, 5.41) is 2.95. The normalized spacial score (nSPS) is 17.9. The number of carbonyl (C=O) groups excluding carboxylic acids is 2.